The standard InChI is InChI=1S/C15H15F3N2/c1-9-6-10(2-4-13(9)19)7-11-3-5-14(20)12(8-11)15(16,17)18/h2-6,8H,7,19-20H2,1H3. The average Bonchev–Trinajstić information content (AvgIpc) is 2.35. The molecule has 0 aliphatic rings. The van der Waals surface area contributed by atoms with Gasteiger partial charge in [-0.15, -0.1) is 0 Å². The zero-order chi connectivity index (χ0) is 14.9. The van der Waals surface area contributed by atoms with E-state index in [0.717, 1.165) is 17.2 Å². The summed E-state index contributed by atoms with van der Waals surface area (Å²) in [6, 6.07) is 9.44. The van der Waals surface area contributed by atoms with E-state index in [0.29, 0.717) is 17.7 Å². The SMILES string of the molecule is Cc1cc(Cc2ccc(N)c(C(F)(F)F)c2)ccc1N. The molecule has 0 radical (unpaired) electrons. The molecule has 0 heterocycles. The first kappa shape index (κ1) is 14.2. The van der Waals surface area contributed by atoms with Gasteiger partial charge in [0.25, 0.3) is 0 Å². The zero-order valence-corrected chi connectivity index (χ0v) is 11.0. The summed E-state index contributed by atoms with van der Waals surface area (Å²) in [7, 11) is 0. The van der Waals surface area contributed by atoms with Gasteiger partial charge in [-0.1, -0.05) is 18.2 Å². The highest BCUT2D eigenvalue weighted by Crippen LogP contribution is 2.34. The molecule has 2 aromatic rings. The van der Waals surface area contributed by atoms with Crippen LogP contribution in [0.25, 0.3) is 0 Å². The third-order valence-electron chi connectivity index (χ3n) is 3.17. The van der Waals surface area contributed by atoms with Crippen LogP contribution in [0.15, 0.2) is 36.4 Å². The van der Waals surface area contributed by atoms with Gasteiger partial charge in [-0.25, -0.2) is 0 Å². The Morgan fingerprint density at radius 2 is 1.45 bits per heavy atom. The summed E-state index contributed by atoms with van der Waals surface area (Å²) in [4.78, 5) is 0. The first-order valence-corrected chi connectivity index (χ1v) is 6.08. The Hall–Kier alpha value is -2.17. The van der Waals surface area contributed by atoms with Crippen molar-refractivity contribution in [3.63, 3.8) is 0 Å². The highest BCUT2D eigenvalue weighted by atomic mass is 19.4. The molecule has 0 fully saturated rings. The summed E-state index contributed by atoms with van der Waals surface area (Å²) in [5.41, 5.74) is 13.1. The van der Waals surface area contributed by atoms with Gasteiger partial charge in [0.1, 0.15) is 0 Å². The molecule has 0 spiro atoms. The zero-order valence-electron chi connectivity index (χ0n) is 11.0. The lowest BCUT2D eigenvalue weighted by Gasteiger charge is -2.12. The molecule has 0 aliphatic carbocycles. The van der Waals surface area contributed by atoms with Gasteiger partial charge in [0.15, 0.2) is 0 Å². The fourth-order valence-electron chi connectivity index (χ4n) is 2.04. The van der Waals surface area contributed by atoms with Gasteiger partial charge < -0.3 is 11.5 Å². The molecule has 0 aromatic heterocycles. The maximum atomic E-state index is 12.8. The predicted molar refractivity (Wildman–Crippen MR) is 74.3 cm³/mol. The van der Waals surface area contributed by atoms with Crippen molar-refractivity contribution in [2.24, 2.45) is 0 Å². The van der Waals surface area contributed by atoms with Crippen LogP contribution in [-0.4, -0.2) is 0 Å². The largest absolute Gasteiger partial charge is 0.418 e. The molecule has 2 aromatic carbocycles. The minimum absolute atomic E-state index is 0.255. The number of benzene rings is 2. The number of aryl methyl sites for hydroxylation is 1. The van der Waals surface area contributed by atoms with Crippen molar-refractivity contribution in [1.82, 2.24) is 0 Å². The van der Waals surface area contributed by atoms with E-state index in [1.54, 1.807) is 12.1 Å². The van der Waals surface area contributed by atoms with Crippen molar-refractivity contribution in [1.29, 1.82) is 0 Å². The summed E-state index contributed by atoms with van der Waals surface area (Å²) in [5, 5.41) is 0. The van der Waals surface area contributed by atoms with Gasteiger partial charge in [0.2, 0.25) is 0 Å². The van der Waals surface area contributed by atoms with Crippen molar-refractivity contribution in [3.05, 3.63) is 58.7 Å². The van der Waals surface area contributed by atoms with Crippen LogP contribution in [0.1, 0.15) is 22.3 Å². The topological polar surface area (TPSA) is 52.0 Å². The maximum absolute atomic E-state index is 12.8. The Labute approximate surface area is 115 Å². The number of anilines is 2. The molecular formula is C15H15F3N2. The van der Waals surface area contributed by atoms with Crippen LogP contribution in [0.5, 0.6) is 0 Å². The second-order valence-corrected chi connectivity index (χ2v) is 4.79. The third-order valence-corrected chi connectivity index (χ3v) is 3.17. The first-order chi connectivity index (χ1) is 9.27. The lowest BCUT2D eigenvalue weighted by atomic mass is 10.00. The monoisotopic (exact) mass is 280 g/mol. The predicted octanol–water partition coefficient (Wildman–Crippen LogP) is 3.77. The van der Waals surface area contributed by atoms with Crippen molar-refractivity contribution in [2.75, 3.05) is 11.5 Å². The molecule has 0 bridgehead atoms. The molecule has 2 nitrogen and oxygen atoms in total. The molecule has 0 atom stereocenters. The molecule has 0 saturated heterocycles. The number of halogens is 3. The lowest BCUT2D eigenvalue weighted by Crippen LogP contribution is -2.09. The molecule has 20 heavy (non-hydrogen) atoms. The van der Waals surface area contributed by atoms with Crippen molar-refractivity contribution in [2.45, 2.75) is 19.5 Å². The van der Waals surface area contributed by atoms with E-state index in [1.807, 2.05) is 19.1 Å². The van der Waals surface area contributed by atoms with Gasteiger partial charge >= 0.3 is 6.18 Å². The van der Waals surface area contributed by atoms with Crippen molar-refractivity contribution < 1.29 is 13.2 Å². The van der Waals surface area contributed by atoms with E-state index in [9.17, 15) is 13.2 Å². The second-order valence-electron chi connectivity index (χ2n) is 4.79. The summed E-state index contributed by atoms with van der Waals surface area (Å²) in [6.45, 7) is 1.86. The van der Waals surface area contributed by atoms with Gasteiger partial charge in [-0.3, -0.25) is 0 Å². The van der Waals surface area contributed by atoms with Gasteiger partial charge in [0.05, 0.1) is 5.56 Å². The number of hydrogen-bond donors (Lipinski definition) is 2. The molecule has 0 amide bonds. The van der Waals surface area contributed by atoms with Crippen molar-refractivity contribution in [3.8, 4) is 0 Å². The highest BCUT2D eigenvalue weighted by Gasteiger charge is 2.33. The summed E-state index contributed by atoms with van der Waals surface area (Å²) in [5.74, 6) is 0. The number of hydrogen-bond acceptors (Lipinski definition) is 2. The average molecular weight is 280 g/mol. The Bertz CT molecular complexity index is 634. The minimum Gasteiger partial charge on any atom is -0.399 e. The van der Waals surface area contributed by atoms with Crippen LogP contribution in [0.3, 0.4) is 0 Å². The van der Waals surface area contributed by atoms with Crippen LogP contribution < -0.4 is 11.5 Å². The molecular weight excluding hydrogens is 265 g/mol. The van der Waals surface area contributed by atoms with E-state index in [2.05, 4.69) is 0 Å². The Balaban J connectivity index is 2.32. The smallest absolute Gasteiger partial charge is 0.399 e. The molecule has 4 N–H and O–H groups in total. The van der Waals surface area contributed by atoms with Crippen LogP contribution in [0.2, 0.25) is 0 Å². The second kappa shape index (κ2) is 5.07. The van der Waals surface area contributed by atoms with Crippen molar-refractivity contribution >= 4 is 11.4 Å². The minimum atomic E-state index is -4.43. The van der Waals surface area contributed by atoms with E-state index < -0.39 is 11.7 Å². The molecule has 0 unspecified atom stereocenters. The molecule has 106 valence electrons. The lowest BCUT2D eigenvalue weighted by molar-refractivity contribution is -0.136. The summed E-state index contributed by atoms with van der Waals surface area (Å²) >= 11 is 0. The third kappa shape index (κ3) is 3.04. The van der Waals surface area contributed by atoms with Crippen LogP contribution >= 0.6 is 0 Å². The number of nitrogen functional groups attached to an aromatic ring is 2. The molecule has 2 rings (SSSR count). The quantitative estimate of drug-likeness (QED) is 0.823. The first-order valence-electron chi connectivity index (χ1n) is 6.08. The Kier molecular flexibility index (Phi) is 3.61. The fourth-order valence-corrected chi connectivity index (χ4v) is 2.04. The Morgan fingerprint density at radius 1 is 0.900 bits per heavy atom. The number of alkyl halides is 3. The van der Waals surface area contributed by atoms with E-state index in [-0.39, 0.29) is 5.69 Å². The van der Waals surface area contributed by atoms with Gasteiger partial charge in [-0.05, 0) is 48.2 Å². The molecule has 5 heteroatoms. The van der Waals surface area contributed by atoms with E-state index in [4.69, 9.17) is 11.5 Å². The highest BCUT2D eigenvalue weighted by molar-refractivity contribution is 5.52. The Morgan fingerprint density at radius 3 is 2.00 bits per heavy atom. The van der Waals surface area contributed by atoms with Crippen LogP contribution in [0, 0.1) is 6.92 Å². The van der Waals surface area contributed by atoms with E-state index in [1.165, 1.54) is 6.07 Å². The normalized spacial score (nSPS) is 11.6. The van der Waals surface area contributed by atoms with Gasteiger partial charge in [-0.2, -0.15) is 13.2 Å². The maximum Gasteiger partial charge on any atom is 0.418 e. The molecule has 0 aliphatic heterocycles. The number of nitrogens with two attached hydrogens (primary N) is 2. The summed E-state index contributed by atoms with van der Waals surface area (Å²) in [6.07, 6.45) is -4.03. The fraction of sp³-hybridized carbons (Fsp3) is 0.200. The van der Waals surface area contributed by atoms with Crippen LogP contribution in [0.4, 0.5) is 24.5 Å². The number of rotatable bonds is 2. The van der Waals surface area contributed by atoms with E-state index >= 15 is 0 Å². The van der Waals surface area contributed by atoms with Crippen LogP contribution in [-0.2, 0) is 12.6 Å². The molecule has 0 saturated carbocycles. The summed E-state index contributed by atoms with van der Waals surface area (Å²) < 4.78 is 38.4. The van der Waals surface area contributed by atoms with Gasteiger partial charge in [0, 0.05) is 11.4 Å².